The van der Waals surface area contributed by atoms with Crippen LogP contribution in [0.25, 0.3) is 11.1 Å². The molecular formula is C20H20N2O3S2. The molecule has 2 amide bonds. The number of carbonyl (C=O) groups is 2. The topological polar surface area (TPSA) is 49.9 Å². The summed E-state index contributed by atoms with van der Waals surface area (Å²) in [6.07, 6.45) is 2.08. The van der Waals surface area contributed by atoms with Gasteiger partial charge in [-0.2, -0.15) is 0 Å². The predicted molar refractivity (Wildman–Crippen MR) is 113 cm³/mol. The predicted octanol–water partition coefficient (Wildman–Crippen LogP) is 3.83. The Labute approximate surface area is 168 Å². The van der Waals surface area contributed by atoms with Crippen LogP contribution in [0, 0.1) is 0 Å². The lowest BCUT2D eigenvalue weighted by Gasteiger charge is -2.38. The Bertz CT molecular complexity index is 991. The molecule has 3 aliphatic rings. The highest BCUT2D eigenvalue weighted by Crippen LogP contribution is 2.53. The number of thioether (sulfide) groups is 1. The van der Waals surface area contributed by atoms with Crippen molar-refractivity contribution >= 4 is 56.9 Å². The molecule has 1 aromatic rings. The van der Waals surface area contributed by atoms with Gasteiger partial charge in [-0.05, 0) is 45.4 Å². The maximum absolute atomic E-state index is 13.5. The van der Waals surface area contributed by atoms with Gasteiger partial charge in [-0.25, -0.2) is 0 Å². The van der Waals surface area contributed by atoms with Crippen LogP contribution in [-0.2, 0) is 9.59 Å². The van der Waals surface area contributed by atoms with Crippen LogP contribution >= 0.6 is 24.0 Å². The molecule has 1 saturated heterocycles. The van der Waals surface area contributed by atoms with Crippen molar-refractivity contribution in [3.05, 3.63) is 34.2 Å². The minimum absolute atomic E-state index is 0.162. The molecule has 0 saturated carbocycles. The van der Waals surface area contributed by atoms with E-state index >= 15 is 0 Å². The van der Waals surface area contributed by atoms with Crippen molar-refractivity contribution in [2.75, 3.05) is 18.6 Å². The number of rotatable bonds is 2. The molecule has 1 fully saturated rings. The number of amides is 2. The Balaban J connectivity index is 2.04. The van der Waals surface area contributed by atoms with E-state index in [9.17, 15) is 9.59 Å². The number of allylic oxidation sites excluding steroid dienone is 1. The van der Waals surface area contributed by atoms with Crippen LogP contribution in [0.5, 0.6) is 5.75 Å². The minimum Gasteiger partial charge on any atom is -0.497 e. The van der Waals surface area contributed by atoms with Crippen molar-refractivity contribution in [3.8, 4) is 5.75 Å². The van der Waals surface area contributed by atoms with Crippen LogP contribution in [0.4, 0.5) is 5.69 Å². The highest BCUT2D eigenvalue weighted by Gasteiger charge is 2.48. The van der Waals surface area contributed by atoms with Gasteiger partial charge in [-0.1, -0.05) is 30.1 Å². The lowest BCUT2D eigenvalue weighted by Crippen LogP contribution is -2.46. The first-order valence-electron chi connectivity index (χ1n) is 8.76. The van der Waals surface area contributed by atoms with E-state index in [-0.39, 0.29) is 11.8 Å². The Morgan fingerprint density at radius 1 is 1.19 bits per heavy atom. The molecule has 5 nitrogen and oxygen atoms in total. The summed E-state index contributed by atoms with van der Waals surface area (Å²) < 4.78 is 5.96. The molecule has 0 radical (unpaired) electrons. The van der Waals surface area contributed by atoms with Gasteiger partial charge in [-0.15, -0.1) is 0 Å². The average Bonchev–Trinajstić information content (AvgIpc) is 3.05. The van der Waals surface area contributed by atoms with Gasteiger partial charge in [-0.3, -0.25) is 19.4 Å². The van der Waals surface area contributed by atoms with E-state index in [0.29, 0.717) is 27.1 Å². The number of nitrogens with zero attached hydrogens (tertiary/aromatic N) is 2. The molecule has 0 aromatic heterocycles. The van der Waals surface area contributed by atoms with E-state index in [1.165, 1.54) is 16.7 Å². The molecule has 4 rings (SSSR count). The summed E-state index contributed by atoms with van der Waals surface area (Å²) in [6, 6.07) is 3.79. The highest BCUT2D eigenvalue weighted by atomic mass is 32.2. The summed E-state index contributed by atoms with van der Waals surface area (Å²) in [7, 11) is 1.60. The van der Waals surface area contributed by atoms with Crippen LogP contribution in [-0.4, -0.2) is 40.2 Å². The molecule has 0 aliphatic carbocycles. The van der Waals surface area contributed by atoms with Crippen molar-refractivity contribution in [2.24, 2.45) is 0 Å². The fraction of sp³-hybridized carbons (Fsp3) is 0.350. The quantitative estimate of drug-likeness (QED) is 0.558. The summed E-state index contributed by atoms with van der Waals surface area (Å²) in [4.78, 5) is 30.1. The molecule has 3 aliphatic heterocycles. The smallest absolute Gasteiger partial charge is 0.266 e. The number of thiocarbonyl (C=S) groups is 1. The van der Waals surface area contributed by atoms with Crippen molar-refractivity contribution < 1.29 is 14.3 Å². The number of likely N-dealkylation sites (N-methyl/N-ethyl adjacent to an activating group) is 1. The van der Waals surface area contributed by atoms with E-state index < -0.39 is 5.54 Å². The number of hydrogen-bond acceptors (Lipinski definition) is 5. The third-order valence-electron chi connectivity index (χ3n) is 5.19. The monoisotopic (exact) mass is 400 g/mol. The number of anilines is 1. The molecular weight excluding hydrogens is 380 g/mol. The van der Waals surface area contributed by atoms with E-state index in [1.807, 2.05) is 39.8 Å². The third-order valence-corrected chi connectivity index (χ3v) is 6.64. The SMILES string of the molecule is CCN1C(=O)/C(=C2/C(=O)N3c4c(cc(OC)cc42)C(C)=CC3(C)C)SC1=S. The first-order valence-corrected chi connectivity index (χ1v) is 9.98. The molecule has 0 spiro atoms. The molecule has 1 aromatic carbocycles. The van der Waals surface area contributed by atoms with E-state index in [4.69, 9.17) is 17.0 Å². The second kappa shape index (κ2) is 5.94. The Hall–Kier alpha value is -2.12. The van der Waals surface area contributed by atoms with Crippen molar-refractivity contribution in [1.29, 1.82) is 0 Å². The maximum Gasteiger partial charge on any atom is 0.266 e. The third kappa shape index (κ3) is 2.41. The van der Waals surface area contributed by atoms with Crippen LogP contribution in [0.2, 0.25) is 0 Å². The molecule has 0 bridgehead atoms. The normalized spacial score (nSPS) is 23.1. The molecule has 140 valence electrons. The number of benzene rings is 1. The Kier molecular flexibility index (Phi) is 4.01. The summed E-state index contributed by atoms with van der Waals surface area (Å²) in [6.45, 7) is 8.41. The van der Waals surface area contributed by atoms with Gasteiger partial charge in [0.2, 0.25) is 0 Å². The Morgan fingerprint density at radius 3 is 2.44 bits per heavy atom. The maximum atomic E-state index is 13.5. The number of carbonyl (C=O) groups excluding carboxylic acids is 2. The second-order valence-corrected chi connectivity index (χ2v) is 8.96. The van der Waals surface area contributed by atoms with Crippen molar-refractivity contribution in [2.45, 2.75) is 33.2 Å². The van der Waals surface area contributed by atoms with Gasteiger partial charge in [0.1, 0.15) is 10.1 Å². The second-order valence-electron chi connectivity index (χ2n) is 7.31. The van der Waals surface area contributed by atoms with Crippen molar-refractivity contribution in [3.63, 3.8) is 0 Å². The molecule has 0 atom stereocenters. The van der Waals surface area contributed by atoms with Crippen molar-refractivity contribution in [1.82, 2.24) is 4.90 Å². The highest BCUT2D eigenvalue weighted by molar-refractivity contribution is 8.26. The summed E-state index contributed by atoms with van der Waals surface area (Å²) in [5.74, 6) is 0.300. The van der Waals surface area contributed by atoms with E-state index in [1.54, 1.807) is 12.0 Å². The summed E-state index contributed by atoms with van der Waals surface area (Å²) in [5.41, 5.74) is 3.57. The standard InChI is InChI=1S/C20H20N2O3S2/c1-6-21-18(24)16(27-19(21)26)14-13-8-11(25-5)7-12-10(2)9-20(3,4)22(15(12)13)17(14)23/h7-9H,6H2,1-5H3/b16-14-. The lowest BCUT2D eigenvalue weighted by molar-refractivity contribution is -0.122. The first-order chi connectivity index (χ1) is 12.7. The van der Waals surface area contributed by atoms with Crippen LogP contribution < -0.4 is 9.64 Å². The van der Waals surface area contributed by atoms with Gasteiger partial charge >= 0.3 is 0 Å². The average molecular weight is 401 g/mol. The zero-order chi connectivity index (χ0) is 19.7. The van der Waals surface area contributed by atoms with E-state index in [2.05, 4.69) is 6.08 Å². The van der Waals surface area contributed by atoms with Gasteiger partial charge in [0, 0.05) is 17.7 Å². The molecule has 0 N–H and O–H groups in total. The summed E-state index contributed by atoms with van der Waals surface area (Å²) in [5, 5.41) is 0. The molecule has 3 heterocycles. The molecule has 0 unspecified atom stereocenters. The van der Waals surface area contributed by atoms with Crippen LogP contribution in [0.3, 0.4) is 0 Å². The molecule has 27 heavy (non-hydrogen) atoms. The van der Waals surface area contributed by atoms with Gasteiger partial charge in [0.15, 0.2) is 0 Å². The van der Waals surface area contributed by atoms with Crippen LogP contribution in [0.1, 0.15) is 38.8 Å². The minimum atomic E-state index is -0.489. The number of methoxy groups -OCH3 is 1. The Morgan fingerprint density at radius 2 is 1.85 bits per heavy atom. The van der Waals surface area contributed by atoms with Gasteiger partial charge < -0.3 is 4.74 Å². The number of hydrogen-bond donors (Lipinski definition) is 0. The summed E-state index contributed by atoms with van der Waals surface area (Å²) >= 11 is 6.56. The lowest BCUT2D eigenvalue weighted by atomic mass is 9.89. The molecule has 7 heteroatoms. The number of ether oxygens (including phenoxy) is 1. The van der Waals surface area contributed by atoms with Gasteiger partial charge in [0.05, 0.1) is 28.8 Å². The fourth-order valence-corrected chi connectivity index (χ4v) is 5.51. The zero-order valence-corrected chi connectivity index (χ0v) is 17.5. The zero-order valence-electron chi connectivity index (χ0n) is 15.9. The van der Waals surface area contributed by atoms with E-state index in [0.717, 1.165) is 22.4 Å². The first kappa shape index (κ1) is 18.3. The fourth-order valence-electron chi connectivity index (χ4n) is 4.05. The van der Waals surface area contributed by atoms with Gasteiger partial charge in [0.25, 0.3) is 11.8 Å². The van der Waals surface area contributed by atoms with Crippen LogP contribution in [0.15, 0.2) is 23.1 Å². The largest absolute Gasteiger partial charge is 0.497 e.